The smallest absolute Gasteiger partial charge is 0.334 e. The molecular formula is C28H39ClO7. The number of rotatable bonds is 2. The topological polar surface area (TPSA) is 124 Å². The second-order valence-corrected chi connectivity index (χ2v) is 13.5. The number of cyclic esters (lactones) is 1. The Kier molecular flexibility index (Phi) is 5.61. The molecule has 0 spiro atoms. The average Bonchev–Trinajstić information content (AvgIpc) is 3.03. The summed E-state index contributed by atoms with van der Waals surface area (Å²) in [5.41, 5.74) is -6.00. The summed E-state index contributed by atoms with van der Waals surface area (Å²) < 4.78 is 5.61. The van der Waals surface area contributed by atoms with Gasteiger partial charge >= 0.3 is 5.97 Å². The van der Waals surface area contributed by atoms with E-state index >= 15 is 0 Å². The molecule has 0 bridgehead atoms. The van der Waals surface area contributed by atoms with Gasteiger partial charge in [0.05, 0.1) is 22.0 Å². The highest BCUT2D eigenvalue weighted by atomic mass is 35.5. The molecule has 5 aliphatic rings. The van der Waals surface area contributed by atoms with Gasteiger partial charge in [0.2, 0.25) is 0 Å². The average molecular weight is 523 g/mol. The van der Waals surface area contributed by atoms with Gasteiger partial charge in [-0.3, -0.25) is 4.79 Å². The zero-order chi connectivity index (χ0) is 26.7. The number of alkyl halides is 1. The van der Waals surface area contributed by atoms with Gasteiger partial charge in [0.1, 0.15) is 17.3 Å². The molecule has 0 aromatic heterocycles. The zero-order valence-electron chi connectivity index (χ0n) is 21.8. The zero-order valence-corrected chi connectivity index (χ0v) is 22.6. The van der Waals surface area contributed by atoms with Gasteiger partial charge < -0.3 is 25.2 Å². The molecule has 7 nitrogen and oxygen atoms in total. The summed E-state index contributed by atoms with van der Waals surface area (Å²) in [5.74, 6) is -1.44. The van der Waals surface area contributed by atoms with Crippen LogP contribution in [0.2, 0.25) is 0 Å². The fraction of sp³-hybridized carbons (Fsp3) is 0.786. The number of allylic oxidation sites excluding steroid dienone is 2. The number of fused-ring (bicyclic) bond motifs is 5. The summed E-state index contributed by atoms with van der Waals surface area (Å²) in [6.07, 6.45) is 3.27. The van der Waals surface area contributed by atoms with Crippen molar-refractivity contribution in [3.05, 3.63) is 23.3 Å². The van der Waals surface area contributed by atoms with Crippen LogP contribution in [0.1, 0.15) is 79.6 Å². The Labute approximate surface area is 217 Å². The first-order valence-corrected chi connectivity index (χ1v) is 13.5. The molecule has 4 aliphatic carbocycles. The molecule has 8 heteroatoms. The largest absolute Gasteiger partial charge is 0.455 e. The number of ether oxygens (including phenoxy) is 1. The predicted octanol–water partition coefficient (Wildman–Crippen LogP) is 2.96. The molecule has 5 rings (SSSR count). The van der Waals surface area contributed by atoms with Gasteiger partial charge in [-0.1, -0.05) is 25.5 Å². The van der Waals surface area contributed by atoms with E-state index in [-0.39, 0.29) is 31.0 Å². The van der Waals surface area contributed by atoms with E-state index in [0.717, 1.165) is 5.57 Å². The number of carbonyl (C=O) groups excluding carboxylic acids is 2. The Morgan fingerprint density at radius 3 is 2.42 bits per heavy atom. The van der Waals surface area contributed by atoms with Gasteiger partial charge in [-0.15, -0.1) is 11.6 Å². The highest BCUT2D eigenvalue weighted by Gasteiger charge is 2.78. The maximum absolute atomic E-state index is 13.3. The van der Waals surface area contributed by atoms with Crippen molar-refractivity contribution in [2.75, 3.05) is 0 Å². The van der Waals surface area contributed by atoms with Crippen LogP contribution >= 0.6 is 11.6 Å². The van der Waals surface area contributed by atoms with Crippen LogP contribution in [0.15, 0.2) is 23.3 Å². The Morgan fingerprint density at radius 1 is 1.11 bits per heavy atom. The van der Waals surface area contributed by atoms with Gasteiger partial charge in [-0.2, -0.15) is 0 Å². The van der Waals surface area contributed by atoms with E-state index in [1.54, 1.807) is 26.0 Å². The maximum Gasteiger partial charge on any atom is 0.334 e. The maximum atomic E-state index is 13.3. The number of carbonyl (C=O) groups is 2. The third-order valence-electron chi connectivity index (χ3n) is 11.7. The fourth-order valence-corrected chi connectivity index (χ4v) is 9.32. The molecule has 0 aromatic rings. The van der Waals surface area contributed by atoms with Crippen molar-refractivity contribution >= 4 is 23.4 Å². The molecule has 0 saturated heterocycles. The Balaban J connectivity index is 1.55. The van der Waals surface area contributed by atoms with Crippen molar-refractivity contribution in [2.45, 2.75) is 113 Å². The number of halogens is 1. The molecule has 0 aromatic carbocycles. The van der Waals surface area contributed by atoms with E-state index in [4.69, 9.17) is 16.3 Å². The molecular weight excluding hydrogens is 484 g/mol. The second kappa shape index (κ2) is 7.66. The third-order valence-corrected chi connectivity index (χ3v) is 12.5. The van der Waals surface area contributed by atoms with Crippen molar-refractivity contribution in [1.29, 1.82) is 0 Å². The molecule has 1 heterocycles. The summed E-state index contributed by atoms with van der Waals surface area (Å²) in [5, 5.41) is 47.9. The number of hydrogen-bond acceptors (Lipinski definition) is 7. The quantitative estimate of drug-likeness (QED) is 0.324. The molecule has 1 aliphatic heterocycles. The number of aliphatic hydroxyl groups is 4. The minimum absolute atomic E-state index is 0.0959. The van der Waals surface area contributed by atoms with Crippen LogP contribution in [0.4, 0.5) is 0 Å². The molecule has 200 valence electrons. The minimum Gasteiger partial charge on any atom is -0.455 e. The minimum atomic E-state index is -1.84. The van der Waals surface area contributed by atoms with Crippen molar-refractivity contribution in [2.24, 2.45) is 22.7 Å². The van der Waals surface area contributed by atoms with Crippen LogP contribution in [0.25, 0.3) is 0 Å². The number of esters is 1. The summed E-state index contributed by atoms with van der Waals surface area (Å²) in [7, 11) is 0. The molecule has 0 amide bonds. The monoisotopic (exact) mass is 522 g/mol. The Bertz CT molecular complexity index is 1080. The lowest BCUT2D eigenvalue weighted by molar-refractivity contribution is -0.287. The second-order valence-electron chi connectivity index (χ2n) is 12.8. The van der Waals surface area contributed by atoms with Crippen molar-refractivity contribution in [3.63, 3.8) is 0 Å². The van der Waals surface area contributed by atoms with Gasteiger partial charge in [0, 0.05) is 17.4 Å². The number of ketones is 1. The molecule has 3 saturated carbocycles. The van der Waals surface area contributed by atoms with E-state index < -0.39 is 56.6 Å². The third kappa shape index (κ3) is 2.79. The van der Waals surface area contributed by atoms with Gasteiger partial charge in [0.15, 0.2) is 5.78 Å². The van der Waals surface area contributed by atoms with Gasteiger partial charge in [0.25, 0.3) is 0 Å². The van der Waals surface area contributed by atoms with Crippen molar-refractivity contribution in [1.82, 2.24) is 0 Å². The summed E-state index contributed by atoms with van der Waals surface area (Å²) in [4.78, 5) is 24.6. The van der Waals surface area contributed by atoms with Gasteiger partial charge in [-0.05, 0) is 77.2 Å². The summed E-state index contributed by atoms with van der Waals surface area (Å²) in [6, 6.07) is 0. The standard InChI is InChI=1S/C28H39ClO7/c1-15-13-21(36-22(32)16(15)2)25(5,33)28(35)12-11-27(34)18-14-20(31)26(29)9-6-7-19(30)24(26,4)17(18)8-10-23(27,28)3/h6-7,17-18,20-21,31,33-35H,8-14H2,1-5H3/t17-,18+,20+,21+,23-,24-,25-,26-,27+,28-/m0/s1. The lowest BCUT2D eigenvalue weighted by Crippen LogP contribution is -2.75. The first-order valence-electron chi connectivity index (χ1n) is 13.1. The van der Waals surface area contributed by atoms with Crippen LogP contribution in [-0.4, -0.2) is 66.1 Å². The van der Waals surface area contributed by atoms with E-state index in [1.165, 1.54) is 6.92 Å². The summed E-state index contributed by atoms with van der Waals surface area (Å²) in [6.45, 7) is 8.61. The first-order chi connectivity index (χ1) is 16.5. The highest BCUT2D eigenvalue weighted by molar-refractivity contribution is 6.28. The first kappa shape index (κ1) is 26.4. The van der Waals surface area contributed by atoms with Crippen LogP contribution < -0.4 is 0 Å². The van der Waals surface area contributed by atoms with Crippen LogP contribution in [0, 0.1) is 22.7 Å². The van der Waals surface area contributed by atoms with Crippen LogP contribution in [0.5, 0.6) is 0 Å². The molecule has 36 heavy (non-hydrogen) atoms. The molecule has 10 atom stereocenters. The SMILES string of the molecule is CC1=C(C)C(=O)O[C@@H]([C@](C)(O)[C@]2(O)CC[C@@]3(O)[C@@H]4C[C@@H](O)[C@@]5(Cl)CC=CC(=O)[C@]5(C)[C@H]4CC[C@]23C)C1. The van der Waals surface area contributed by atoms with Crippen LogP contribution in [0.3, 0.4) is 0 Å². The van der Waals surface area contributed by atoms with E-state index in [1.807, 2.05) is 13.8 Å². The van der Waals surface area contributed by atoms with Crippen LogP contribution in [-0.2, 0) is 14.3 Å². The van der Waals surface area contributed by atoms with Crippen molar-refractivity contribution < 1.29 is 34.8 Å². The number of aliphatic hydroxyl groups excluding tert-OH is 1. The predicted molar refractivity (Wildman–Crippen MR) is 133 cm³/mol. The lowest BCUT2D eigenvalue weighted by Gasteiger charge is -2.66. The van der Waals surface area contributed by atoms with Crippen molar-refractivity contribution in [3.8, 4) is 0 Å². The molecule has 0 radical (unpaired) electrons. The normalized spacial score (nSPS) is 52.3. The molecule has 3 fully saturated rings. The Hall–Kier alpha value is -1.25. The van der Waals surface area contributed by atoms with E-state index in [9.17, 15) is 30.0 Å². The molecule has 4 N–H and O–H groups in total. The van der Waals surface area contributed by atoms with E-state index in [2.05, 4.69) is 0 Å². The number of hydrogen-bond donors (Lipinski definition) is 4. The van der Waals surface area contributed by atoms with Gasteiger partial charge in [-0.25, -0.2) is 4.79 Å². The molecule has 0 unspecified atom stereocenters. The lowest BCUT2D eigenvalue weighted by atomic mass is 9.42. The highest BCUT2D eigenvalue weighted by Crippen LogP contribution is 2.72. The van der Waals surface area contributed by atoms with E-state index in [0.29, 0.717) is 31.3 Å². The fourth-order valence-electron chi connectivity index (χ4n) is 8.91. The summed E-state index contributed by atoms with van der Waals surface area (Å²) >= 11 is 7.03. The Morgan fingerprint density at radius 2 is 1.78 bits per heavy atom.